The van der Waals surface area contributed by atoms with Crippen LogP contribution in [0.2, 0.25) is 0 Å². The fraction of sp³-hybridized carbons (Fsp3) is 0.250. The molecule has 5 heteroatoms. The molecule has 8 aromatic rings. The van der Waals surface area contributed by atoms with E-state index < -0.39 is 47.8 Å². The number of phenolic OH excluding ortho intramolecular Hbond substituents is 1. The normalized spacial score (nSPS) is 13.8. The third-order valence-corrected chi connectivity index (χ3v) is 11.2. The maximum Gasteiger partial charge on any atom is 0.148 e. The van der Waals surface area contributed by atoms with Gasteiger partial charge in [0.05, 0.1) is 27.6 Å². The number of para-hydroxylation sites is 1. The molecule has 2 aromatic heterocycles. The van der Waals surface area contributed by atoms with Crippen LogP contribution in [0.5, 0.6) is 5.75 Å². The van der Waals surface area contributed by atoms with Crippen molar-refractivity contribution in [2.24, 2.45) is 0 Å². The van der Waals surface area contributed by atoms with Crippen molar-refractivity contribution in [3.05, 3.63) is 168 Å². The van der Waals surface area contributed by atoms with Gasteiger partial charge in [0.25, 0.3) is 0 Å². The van der Waals surface area contributed by atoms with Gasteiger partial charge >= 0.3 is 0 Å². The van der Waals surface area contributed by atoms with E-state index in [1.165, 1.54) is 0 Å². The quantitative estimate of drug-likeness (QED) is 0.154. The summed E-state index contributed by atoms with van der Waals surface area (Å²) in [6.45, 7) is 21.2. The van der Waals surface area contributed by atoms with Gasteiger partial charge in [0, 0.05) is 38.6 Å². The molecule has 0 aliphatic carbocycles. The molecule has 312 valence electrons. The Bertz CT molecular complexity index is 3290. The Labute approximate surface area is 388 Å². The fourth-order valence-electron chi connectivity index (χ4n) is 7.76. The van der Waals surface area contributed by atoms with Crippen molar-refractivity contribution in [1.82, 2.24) is 14.5 Å². The molecule has 0 saturated heterocycles. The maximum atomic E-state index is 12.3. The number of fused-ring (bicyclic) bond motifs is 1. The predicted molar refractivity (Wildman–Crippen MR) is 252 cm³/mol. The van der Waals surface area contributed by atoms with Crippen molar-refractivity contribution in [3.8, 4) is 67.5 Å². The number of nitrogens with zero attached hydrogens (tertiary/aromatic N) is 3. The molecule has 0 aliphatic heterocycles. The molecule has 2 heterocycles. The van der Waals surface area contributed by atoms with Crippen LogP contribution in [0.1, 0.15) is 114 Å². The van der Waals surface area contributed by atoms with Crippen LogP contribution in [0.15, 0.2) is 139 Å². The third kappa shape index (κ3) is 8.66. The molecular weight excluding hydrogens is 926 g/mol. The minimum absolute atomic E-state index is 0. The van der Waals surface area contributed by atoms with Crippen molar-refractivity contribution >= 4 is 11.0 Å². The largest absolute Gasteiger partial charge is 0.507 e. The summed E-state index contributed by atoms with van der Waals surface area (Å²) < 4.78 is 71.5. The summed E-state index contributed by atoms with van der Waals surface area (Å²) in [6, 6.07) is 30.4. The van der Waals surface area contributed by atoms with E-state index in [0.717, 1.165) is 44.6 Å². The standard InChI is InChI=1S/C56H56N3O.Pt/c1-35(2)40-31-47(36(3)4)53(60)48(32-40)54-58-52-46(22-17-23-51(52)59(54)44-24-25-45(38-20-15-12-16-21-38)49(34-44)56(8,9)10)41-28-42(30-43(29-41)55(5,6)7)50-33-39(26-27-57-50)37-18-13-11-14-19-37;/h11-27,29-36,60H,1-10H3;/q-1;/i11D,13D,14D,18D,19D,26D,27D,33D;. The predicted octanol–water partition coefficient (Wildman–Crippen LogP) is 15.1. The van der Waals surface area contributed by atoms with Gasteiger partial charge in [-0.3, -0.25) is 9.55 Å². The van der Waals surface area contributed by atoms with Crippen molar-refractivity contribution < 1.29 is 37.1 Å². The zero-order valence-electron chi connectivity index (χ0n) is 44.4. The molecule has 0 amide bonds. The van der Waals surface area contributed by atoms with E-state index in [-0.39, 0.29) is 66.9 Å². The van der Waals surface area contributed by atoms with E-state index in [1.54, 1.807) is 0 Å². The Kier molecular flexibility index (Phi) is 9.53. The molecule has 0 radical (unpaired) electrons. The van der Waals surface area contributed by atoms with Crippen molar-refractivity contribution in [2.45, 2.75) is 91.9 Å². The topological polar surface area (TPSA) is 50.9 Å². The summed E-state index contributed by atoms with van der Waals surface area (Å²) in [6.07, 6.45) is -0.517. The van der Waals surface area contributed by atoms with Crippen molar-refractivity contribution in [1.29, 1.82) is 0 Å². The Morgan fingerprint density at radius 3 is 2.07 bits per heavy atom. The average molecular weight is 990 g/mol. The van der Waals surface area contributed by atoms with Crippen molar-refractivity contribution in [2.75, 3.05) is 0 Å². The number of aromatic nitrogens is 3. The molecule has 1 N–H and O–H groups in total. The number of hydrogen-bond acceptors (Lipinski definition) is 3. The van der Waals surface area contributed by atoms with Crippen LogP contribution >= 0.6 is 0 Å². The van der Waals surface area contributed by atoms with Gasteiger partial charge in [-0.1, -0.05) is 171 Å². The number of aromatic hydroxyl groups is 1. The Morgan fingerprint density at radius 2 is 1.39 bits per heavy atom. The second-order valence-corrected chi connectivity index (χ2v) is 18.2. The first kappa shape index (κ1) is 34.1. The molecule has 0 fully saturated rings. The van der Waals surface area contributed by atoms with E-state index in [9.17, 15) is 6.48 Å². The number of hydrogen-bond donors (Lipinski definition) is 1. The number of benzene rings is 6. The summed E-state index contributed by atoms with van der Waals surface area (Å²) in [4.78, 5) is 9.93. The fourth-order valence-corrected chi connectivity index (χ4v) is 7.76. The zero-order chi connectivity index (χ0) is 49.5. The van der Waals surface area contributed by atoms with Crippen LogP contribution in [0.25, 0.3) is 72.7 Å². The summed E-state index contributed by atoms with van der Waals surface area (Å²) in [7, 11) is 0. The van der Waals surface area contributed by atoms with Crippen LogP contribution in [-0.2, 0) is 31.9 Å². The summed E-state index contributed by atoms with van der Waals surface area (Å²) in [5.41, 5.74) is 9.26. The van der Waals surface area contributed by atoms with Crippen LogP contribution in [0.3, 0.4) is 0 Å². The summed E-state index contributed by atoms with van der Waals surface area (Å²) in [5, 5.41) is 12.3. The summed E-state index contributed by atoms with van der Waals surface area (Å²) in [5.74, 6) is 0.903. The first-order valence-corrected chi connectivity index (χ1v) is 20.6. The van der Waals surface area contributed by atoms with Gasteiger partial charge in [0.15, 0.2) is 0 Å². The number of rotatable bonds is 8. The molecule has 0 unspecified atom stereocenters. The molecule has 0 aliphatic rings. The number of imidazole rings is 1. The van der Waals surface area contributed by atoms with Gasteiger partial charge in [-0.05, 0) is 91.9 Å². The molecule has 0 atom stereocenters. The van der Waals surface area contributed by atoms with Gasteiger partial charge in [0.1, 0.15) is 11.6 Å². The second-order valence-electron chi connectivity index (χ2n) is 18.2. The van der Waals surface area contributed by atoms with E-state index in [4.69, 9.17) is 14.6 Å². The van der Waals surface area contributed by atoms with E-state index >= 15 is 0 Å². The van der Waals surface area contributed by atoms with E-state index in [1.807, 2.05) is 54.6 Å². The molecule has 4 nitrogen and oxygen atoms in total. The molecule has 0 spiro atoms. The molecule has 0 saturated carbocycles. The Hall–Kier alpha value is -5.57. The molecular formula is C56H56N3OPt-. The van der Waals surface area contributed by atoms with Crippen LogP contribution < -0.4 is 0 Å². The summed E-state index contributed by atoms with van der Waals surface area (Å²) >= 11 is 0. The molecule has 61 heavy (non-hydrogen) atoms. The van der Waals surface area contributed by atoms with Crippen LogP contribution in [0.4, 0.5) is 0 Å². The third-order valence-electron chi connectivity index (χ3n) is 11.2. The first-order valence-electron chi connectivity index (χ1n) is 24.6. The van der Waals surface area contributed by atoms with Crippen molar-refractivity contribution in [3.63, 3.8) is 0 Å². The Morgan fingerprint density at radius 1 is 0.672 bits per heavy atom. The SMILES string of the molecule is [2H]c1nc(-c2[c-]c(-c3cccc4c3nc(-c3cc(C(C)C)cc(C(C)C)c3O)n4-c3ccc(-c4ccccc4)c(C(C)(C)C)c3)cc(C(C)(C)C)c2)c([2H])c(-c2c([2H])c([2H])c([2H])c([2H])c2[2H])c1[2H].[Pt]. The minimum atomic E-state index is -0.605. The Balaban J connectivity index is 0.00000703. The van der Waals surface area contributed by atoms with E-state index in [0.29, 0.717) is 33.6 Å². The first-order chi connectivity index (χ1) is 31.9. The number of pyridine rings is 1. The second kappa shape index (κ2) is 17.1. The van der Waals surface area contributed by atoms with Crippen LogP contribution in [-0.4, -0.2) is 19.6 Å². The van der Waals surface area contributed by atoms with Gasteiger partial charge in [-0.15, -0.1) is 29.3 Å². The number of phenols is 1. The van der Waals surface area contributed by atoms with Gasteiger partial charge in [-0.25, -0.2) is 4.98 Å². The van der Waals surface area contributed by atoms with Crippen LogP contribution in [0, 0.1) is 6.07 Å². The smallest absolute Gasteiger partial charge is 0.148 e. The maximum absolute atomic E-state index is 12.3. The average Bonchev–Trinajstić information content (AvgIpc) is 3.69. The van der Waals surface area contributed by atoms with E-state index in [2.05, 4.69) is 121 Å². The zero-order valence-corrected chi connectivity index (χ0v) is 38.7. The van der Waals surface area contributed by atoms with Gasteiger partial charge in [0.2, 0.25) is 0 Å². The van der Waals surface area contributed by atoms with Gasteiger partial charge < -0.3 is 5.11 Å². The molecule has 6 aromatic carbocycles. The molecule has 0 bridgehead atoms. The molecule has 8 rings (SSSR count). The monoisotopic (exact) mass is 989 g/mol. The minimum Gasteiger partial charge on any atom is -0.507 e. The van der Waals surface area contributed by atoms with Gasteiger partial charge in [-0.2, -0.15) is 0 Å².